The lowest BCUT2D eigenvalue weighted by Gasteiger charge is -2.29. The fourth-order valence-electron chi connectivity index (χ4n) is 9.87. The molecule has 2 aliphatic rings. The van der Waals surface area contributed by atoms with E-state index in [4.69, 9.17) is 11.5 Å². The topological polar surface area (TPSA) is 616 Å². The number of aliphatic hydroxyl groups is 4. The molecular formula is C55H84N17O22+. The number of aromatic hydroxyl groups is 2. The van der Waals surface area contributed by atoms with Crippen LogP contribution in [0.15, 0.2) is 18.2 Å². The Morgan fingerprint density at radius 3 is 1.86 bits per heavy atom. The highest BCUT2D eigenvalue weighted by Gasteiger charge is 2.40. The van der Waals surface area contributed by atoms with Crippen molar-refractivity contribution < 1.29 is 118 Å². The van der Waals surface area contributed by atoms with Gasteiger partial charge in [0.15, 0.2) is 17.5 Å². The number of nitrogens with zero attached hydrogens (tertiary/aromatic N) is 3. The van der Waals surface area contributed by atoms with Gasteiger partial charge in [-0.25, -0.2) is 14.7 Å². The van der Waals surface area contributed by atoms with E-state index in [0.29, 0.717) is 0 Å². The molecule has 1 saturated heterocycles. The van der Waals surface area contributed by atoms with Gasteiger partial charge in [-0.05, 0) is 90.2 Å². The van der Waals surface area contributed by atoms with Gasteiger partial charge in [0, 0.05) is 49.9 Å². The Morgan fingerprint density at radius 1 is 0.691 bits per heavy atom. The van der Waals surface area contributed by atoms with Crippen LogP contribution in [0.4, 0.5) is 11.5 Å². The van der Waals surface area contributed by atoms with Gasteiger partial charge in [0.25, 0.3) is 11.7 Å². The Morgan fingerprint density at radius 2 is 1.26 bits per heavy atom. The molecule has 520 valence electrons. The summed E-state index contributed by atoms with van der Waals surface area (Å²) in [4.78, 5) is 175. The molecule has 4 rings (SSSR count). The number of anilines is 2. The highest BCUT2D eigenvalue weighted by molar-refractivity contribution is 6.00. The molecule has 1 unspecified atom stereocenters. The van der Waals surface area contributed by atoms with Crippen molar-refractivity contribution in [2.24, 2.45) is 11.5 Å². The number of aliphatic hydroxyl groups excluding tert-OH is 4. The SMILES string of the molecule is CC(O)[C@@H]1NC(=O)[C@H]([C@@H](C)O)NC(=O)[C@H](CCCN(O)C=O)NC(=O)[C@@H](NC(=O)[C@H](CCCN(O)C=O)NC(=O)[C@H](CO)NC(=O)[C@H](CCC[NH+]=C(N)N)NC(=O)[C@H](CO)NC(=O)[C@@H]2CCNc3c(NC(=O)CCC(=O)[O-])cc4cc(O)c(O)cc4[n+]32)CCCCNC1=O. The first-order chi connectivity index (χ1) is 44.5. The van der Waals surface area contributed by atoms with Crippen LogP contribution in [-0.2, 0) is 62.3 Å². The second-order valence-electron chi connectivity index (χ2n) is 22.1. The number of aromatic nitrogens is 1. The van der Waals surface area contributed by atoms with Crippen molar-refractivity contribution in [3.05, 3.63) is 18.2 Å². The molecule has 39 heteroatoms. The zero-order chi connectivity index (χ0) is 69.9. The number of phenolic OH excluding ortho intramolecular Hbond substituents is 2. The Balaban J connectivity index is 1.63. The smallest absolute Gasteiger partial charge is 0.338 e. The lowest BCUT2D eigenvalue weighted by atomic mass is 10.0. The zero-order valence-corrected chi connectivity index (χ0v) is 51.5. The number of carboxylic acid groups (broad SMARTS) is 1. The summed E-state index contributed by atoms with van der Waals surface area (Å²) in [6.07, 6.45) is -5.86. The van der Waals surface area contributed by atoms with Gasteiger partial charge >= 0.3 is 5.96 Å². The quantitative estimate of drug-likeness (QED) is 0.00473. The van der Waals surface area contributed by atoms with Gasteiger partial charge < -0.3 is 93.7 Å². The summed E-state index contributed by atoms with van der Waals surface area (Å²) in [5.41, 5.74) is 11.2. The molecule has 12 amide bonds. The number of benzene rings is 1. The molecule has 0 radical (unpaired) electrons. The van der Waals surface area contributed by atoms with E-state index in [-0.39, 0.29) is 135 Å². The Hall–Kier alpha value is -9.83. The molecular weight excluding hydrogens is 1250 g/mol. The van der Waals surface area contributed by atoms with E-state index in [1.807, 2.05) is 0 Å². The number of carboxylic acids is 1. The van der Waals surface area contributed by atoms with E-state index in [1.54, 1.807) is 0 Å². The van der Waals surface area contributed by atoms with Gasteiger partial charge in [-0.1, -0.05) is 0 Å². The molecule has 39 nitrogen and oxygen atoms in total. The maximum absolute atomic E-state index is 14.4. The number of hydroxylamine groups is 4. The number of hydrogen-bond acceptors (Lipinski definition) is 23. The van der Waals surface area contributed by atoms with Crippen molar-refractivity contribution in [3.63, 3.8) is 0 Å². The third-order valence-corrected chi connectivity index (χ3v) is 14.8. The van der Waals surface area contributed by atoms with Crippen molar-refractivity contribution in [2.45, 2.75) is 157 Å². The molecule has 0 aliphatic carbocycles. The summed E-state index contributed by atoms with van der Waals surface area (Å²) in [6.45, 7) is -0.850. The van der Waals surface area contributed by atoms with Crippen LogP contribution in [0.25, 0.3) is 10.9 Å². The van der Waals surface area contributed by atoms with Crippen LogP contribution in [0.3, 0.4) is 0 Å². The summed E-state index contributed by atoms with van der Waals surface area (Å²) in [6, 6.07) is -11.5. The Bertz CT molecular complexity index is 3080. The van der Waals surface area contributed by atoms with E-state index in [0.717, 1.165) is 19.1 Å². The maximum Gasteiger partial charge on any atom is 0.338 e. The third kappa shape index (κ3) is 23.4. The number of hydrogen-bond donors (Lipinski definition) is 22. The number of guanidine groups is 1. The van der Waals surface area contributed by atoms with Gasteiger partial charge in [0.1, 0.15) is 59.5 Å². The second kappa shape index (κ2) is 37.6. The van der Waals surface area contributed by atoms with E-state index in [1.165, 1.54) is 17.6 Å². The van der Waals surface area contributed by atoms with Gasteiger partial charge in [-0.2, -0.15) is 0 Å². The number of carbonyl (C=O) groups excluding carboxylic acids is 13. The fourth-order valence-corrected chi connectivity index (χ4v) is 9.87. The average Bonchev–Trinajstić information content (AvgIpc) is 0.751. The van der Waals surface area contributed by atoms with E-state index < -0.39 is 182 Å². The Kier molecular flexibility index (Phi) is 30.7. The first-order valence-electron chi connectivity index (χ1n) is 29.9. The highest BCUT2D eigenvalue weighted by Crippen LogP contribution is 2.35. The number of nitrogens with one attached hydrogen (secondary N) is 12. The van der Waals surface area contributed by atoms with Crippen LogP contribution < -0.4 is 84.6 Å². The van der Waals surface area contributed by atoms with Crippen LogP contribution in [0, 0.1) is 0 Å². The van der Waals surface area contributed by atoms with Crippen LogP contribution in [0.5, 0.6) is 11.5 Å². The van der Waals surface area contributed by atoms with E-state index >= 15 is 0 Å². The fraction of sp³-hybridized carbons (Fsp3) is 0.582. The zero-order valence-electron chi connectivity index (χ0n) is 51.5. The normalized spacial score (nSPS) is 19.7. The first-order valence-corrected chi connectivity index (χ1v) is 29.9. The molecule has 1 aromatic carbocycles. The number of amides is 12. The lowest BCUT2D eigenvalue weighted by molar-refractivity contribution is -0.674. The Labute approximate surface area is 536 Å². The molecule has 0 saturated carbocycles. The van der Waals surface area contributed by atoms with Crippen LogP contribution in [-0.4, -0.2) is 241 Å². The van der Waals surface area contributed by atoms with Crippen LogP contribution in [0.1, 0.15) is 96.9 Å². The molecule has 0 spiro atoms. The predicted octanol–water partition coefficient (Wildman–Crippen LogP) is -11.3. The monoisotopic (exact) mass is 1330 g/mol. The standard InChI is InChI=1S/C55H83N17O22/c1-27(77)43-53(91)59-15-4-3-8-30(46(84)63-33(11-7-19-71(94)26-76)49(87)68-44(28(2)78)54(92)69-43)62-47(85)32(10-6-18-70(93)25-75)65-50(88)35(23-73)66-48(86)31(9-5-16-60-55(56)57)64-51(89)36(24-74)67-52(90)37-14-17-58-45-34(61-41(81)12-13-42(82)83)20-29-21-39(79)40(80)22-38(29)72(37)45/h20-22,25-28,30-33,35-37,43-44,73-74,77-78,93-94H,3-19,23-24H2,1-2H3,(H17,56,57,58,59,60,61,62,63,64,65,66,67,68,69,79,80,81,82,83,84,85,86,87,88,89,90,91,92)/p+1/t27?,28-,30+,31+,32+,33+,35+,36+,37+,43+,44+/m1/s1. The molecule has 1 fully saturated rings. The minimum absolute atomic E-state index is 0.00339. The molecule has 24 N–H and O–H groups in total. The van der Waals surface area contributed by atoms with Crippen molar-refractivity contribution >= 4 is 106 Å². The molecule has 94 heavy (non-hydrogen) atoms. The van der Waals surface area contributed by atoms with Crippen molar-refractivity contribution in [3.8, 4) is 11.5 Å². The van der Waals surface area contributed by atoms with Crippen molar-refractivity contribution in [1.29, 1.82) is 0 Å². The lowest BCUT2D eigenvalue weighted by Crippen LogP contribution is -2.78. The molecule has 0 bridgehead atoms. The van der Waals surface area contributed by atoms with Gasteiger partial charge in [0.05, 0.1) is 38.5 Å². The predicted molar refractivity (Wildman–Crippen MR) is 318 cm³/mol. The molecule has 11 atom stereocenters. The number of phenols is 2. The highest BCUT2D eigenvalue weighted by atomic mass is 16.5. The van der Waals surface area contributed by atoms with E-state index in [9.17, 15) is 108 Å². The summed E-state index contributed by atoms with van der Waals surface area (Å²) >= 11 is 0. The number of rotatable bonds is 32. The van der Waals surface area contributed by atoms with Crippen molar-refractivity contribution in [1.82, 2.24) is 58.0 Å². The average molecular weight is 1340 g/mol. The van der Waals surface area contributed by atoms with Gasteiger partial charge in [-0.15, -0.1) is 0 Å². The first kappa shape index (κ1) is 76.6. The molecule has 1 aromatic heterocycles. The second-order valence-corrected chi connectivity index (χ2v) is 22.1. The molecule has 2 aromatic rings. The molecule has 2 aliphatic heterocycles. The van der Waals surface area contributed by atoms with Gasteiger partial charge in [0.2, 0.25) is 66.0 Å². The summed E-state index contributed by atoms with van der Waals surface area (Å²) in [5, 5.41) is 121. The minimum atomic E-state index is -1.96. The minimum Gasteiger partial charge on any atom is -0.550 e. The van der Waals surface area contributed by atoms with Crippen molar-refractivity contribution in [2.75, 3.05) is 56.6 Å². The largest absolute Gasteiger partial charge is 0.550 e. The third-order valence-electron chi connectivity index (χ3n) is 14.8. The summed E-state index contributed by atoms with van der Waals surface area (Å²) < 4.78 is 1.32. The van der Waals surface area contributed by atoms with Gasteiger partial charge in [-0.3, -0.25) is 89.7 Å². The number of carbonyl (C=O) groups is 13. The number of aliphatic carboxylic acids is 1. The number of pyridine rings is 1. The summed E-state index contributed by atoms with van der Waals surface area (Å²) in [5.74, 6) is -13.5. The maximum atomic E-state index is 14.4. The van der Waals surface area contributed by atoms with E-state index in [2.05, 4.69) is 63.5 Å². The summed E-state index contributed by atoms with van der Waals surface area (Å²) in [7, 11) is 0. The number of fused-ring (bicyclic) bond motifs is 3. The number of nitrogens with two attached hydrogens (primary N) is 2. The molecule has 3 heterocycles. The van der Waals surface area contributed by atoms with Crippen LogP contribution >= 0.6 is 0 Å². The van der Waals surface area contributed by atoms with Crippen LogP contribution in [0.2, 0.25) is 0 Å².